The van der Waals surface area contributed by atoms with Gasteiger partial charge in [0.1, 0.15) is 5.60 Å². The lowest BCUT2D eigenvalue weighted by atomic mass is 10.1. The van der Waals surface area contributed by atoms with Gasteiger partial charge >= 0.3 is 6.09 Å². The molecule has 1 aromatic heterocycles. The number of ether oxygens (including phenoxy) is 1. The highest BCUT2D eigenvalue weighted by atomic mass is 32.2. The summed E-state index contributed by atoms with van der Waals surface area (Å²) in [6, 6.07) is 9.90. The largest absolute Gasteiger partial charge is 0.443 e. The summed E-state index contributed by atoms with van der Waals surface area (Å²) in [5.41, 5.74) is 0.338. The van der Waals surface area contributed by atoms with E-state index in [0.717, 1.165) is 0 Å². The van der Waals surface area contributed by atoms with Crippen LogP contribution in [0.25, 0.3) is 11.3 Å². The number of benzene rings is 1. The first-order valence-corrected chi connectivity index (χ1v) is 7.62. The molecule has 0 saturated heterocycles. The molecule has 1 heterocycles. The van der Waals surface area contributed by atoms with Crippen LogP contribution in [0, 0.1) is 0 Å². The summed E-state index contributed by atoms with van der Waals surface area (Å²) in [5.74, 6) is 0. The maximum absolute atomic E-state index is 12.2. The molecule has 0 aliphatic heterocycles. The second-order valence-corrected chi connectivity index (χ2v) is 6.51. The summed E-state index contributed by atoms with van der Waals surface area (Å²) in [7, 11) is -2.75. The van der Waals surface area contributed by atoms with Crippen LogP contribution in [0.1, 0.15) is 20.8 Å². The number of carbonyl (C=O) groups excluding carboxylic acids is 1. The number of aromatic nitrogens is 1. The first-order valence-electron chi connectivity index (χ1n) is 6.44. The number of rotatable bonds is 2. The van der Waals surface area contributed by atoms with Crippen LogP contribution in [0.4, 0.5) is 4.79 Å². The van der Waals surface area contributed by atoms with E-state index >= 15 is 0 Å². The summed E-state index contributed by atoms with van der Waals surface area (Å²) in [4.78, 5) is 12.4. The lowest BCUT2D eigenvalue weighted by Crippen LogP contribution is -2.27. The van der Waals surface area contributed by atoms with Gasteiger partial charge in [-0.15, -0.1) is 0 Å². The van der Waals surface area contributed by atoms with Gasteiger partial charge in [0.05, 0.1) is 10.6 Å². The Balaban J connectivity index is 2.49. The highest BCUT2D eigenvalue weighted by molar-refractivity contribution is 7.72. The molecule has 0 spiro atoms. The Morgan fingerprint density at radius 2 is 1.76 bits per heavy atom. The Hall–Kier alpha value is -2.08. The molecular formula is C15H17NO4S. The minimum absolute atomic E-state index is 0.177. The molecule has 0 N–H and O–H groups in total. The van der Waals surface area contributed by atoms with Crippen molar-refractivity contribution >= 4 is 16.8 Å². The summed E-state index contributed by atoms with van der Waals surface area (Å²) in [6.45, 7) is 5.32. The van der Waals surface area contributed by atoms with Gasteiger partial charge in [-0.1, -0.05) is 18.2 Å². The quantitative estimate of drug-likeness (QED) is 0.866. The van der Waals surface area contributed by atoms with Gasteiger partial charge in [-0.2, -0.15) is 0 Å². The predicted molar refractivity (Wildman–Crippen MR) is 80.1 cm³/mol. The Morgan fingerprint density at radius 3 is 2.38 bits per heavy atom. The molecule has 0 unspecified atom stereocenters. The van der Waals surface area contributed by atoms with Crippen LogP contribution in [0.5, 0.6) is 0 Å². The zero-order chi connectivity index (χ0) is 15.6. The van der Waals surface area contributed by atoms with Gasteiger partial charge in [-0.05, 0) is 39.0 Å². The third-order valence-corrected chi connectivity index (χ3v) is 3.50. The molecule has 0 aliphatic rings. The van der Waals surface area contributed by atoms with Crippen LogP contribution in [0.2, 0.25) is 0 Å². The monoisotopic (exact) mass is 307 g/mol. The molecule has 0 fully saturated rings. The summed E-state index contributed by atoms with van der Waals surface area (Å²) >= 11 is 0. The average molecular weight is 307 g/mol. The van der Waals surface area contributed by atoms with Gasteiger partial charge < -0.3 is 4.74 Å². The molecule has 0 amide bonds. The molecule has 6 heteroatoms. The lowest BCUT2D eigenvalue weighted by molar-refractivity contribution is 0.0540. The lowest BCUT2D eigenvalue weighted by Gasteiger charge is -2.20. The molecule has 0 atom stereocenters. The van der Waals surface area contributed by atoms with Crippen LogP contribution in [-0.2, 0) is 15.4 Å². The van der Waals surface area contributed by atoms with Gasteiger partial charge in [0.15, 0.2) is 10.7 Å². The Morgan fingerprint density at radius 1 is 1.10 bits per heavy atom. The third kappa shape index (κ3) is 3.52. The van der Waals surface area contributed by atoms with Gasteiger partial charge in [0.25, 0.3) is 0 Å². The number of hydrogen-bond donors (Lipinski definition) is 1. The number of thiol groups is 1. The van der Waals surface area contributed by atoms with Crippen LogP contribution in [-0.4, -0.2) is 24.7 Å². The smallest absolute Gasteiger partial charge is 0.418 e. The van der Waals surface area contributed by atoms with E-state index in [9.17, 15) is 13.2 Å². The van der Waals surface area contributed by atoms with Gasteiger partial charge in [0, 0.05) is 11.8 Å². The van der Waals surface area contributed by atoms with Crippen molar-refractivity contribution in [3.05, 3.63) is 42.6 Å². The third-order valence-electron chi connectivity index (χ3n) is 2.72. The van der Waals surface area contributed by atoms with Crippen molar-refractivity contribution in [2.75, 3.05) is 0 Å². The minimum atomic E-state index is -2.75. The fraction of sp³-hybridized carbons (Fsp3) is 0.267. The second kappa shape index (κ2) is 5.73. The van der Waals surface area contributed by atoms with Crippen molar-refractivity contribution in [3.63, 3.8) is 0 Å². The van der Waals surface area contributed by atoms with Crippen molar-refractivity contribution in [1.82, 2.24) is 4.57 Å². The van der Waals surface area contributed by atoms with Crippen molar-refractivity contribution in [3.8, 4) is 11.3 Å². The topological polar surface area (TPSA) is 65.4 Å². The van der Waals surface area contributed by atoms with Crippen molar-refractivity contribution in [2.45, 2.75) is 31.3 Å². The van der Waals surface area contributed by atoms with Crippen LogP contribution < -0.4 is 0 Å². The van der Waals surface area contributed by atoms with Gasteiger partial charge in [-0.3, -0.25) is 4.57 Å². The highest BCUT2D eigenvalue weighted by Gasteiger charge is 2.20. The normalized spacial score (nSPS) is 11.6. The maximum atomic E-state index is 12.2. The fourth-order valence-corrected chi connectivity index (χ4v) is 2.51. The Bertz CT molecular complexity index is 730. The zero-order valence-corrected chi connectivity index (χ0v) is 13.0. The number of hydrogen-bond acceptors (Lipinski definition) is 4. The van der Waals surface area contributed by atoms with E-state index in [1.807, 2.05) is 0 Å². The number of carbonyl (C=O) groups is 1. The first kappa shape index (κ1) is 15.3. The van der Waals surface area contributed by atoms with E-state index in [2.05, 4.69) is 0 Å². The molecule has 112 valence electrons. The molecule has 2 aromatic rings. The summed E-state index contributed by atoms with van der Waals surface area (Å²) < 4.78 is 29.3. The fourth-order valence-electron chi connectivity index (χ4n) is 1.92. The van der Waals surface area contributed by atoms with E-state index < -0.39 is 22.4 Å². The predicted octanol–water partition coefficient (Wildman–Crippen LogP) is 2.91. The van der Waals surface area contributed by atoms with E-state index in [1.165, 1.54) is 10.6 Å². The summed E-state index contributed by atoms with van der Waals surface area (Å²) in [5, 5.41) is 0. The maximum Gasteiger partial charge on any atom is 0.418 e. The molecule has 0 radical (unpaired) electrons. The van der Waals surface area contributed by atoms with E-state index in [0.29, 0.717) is 11.3 Å². The standard InChI is InChI=1S/C15H17NO4S/c1-15(2,3)20-14(17)16-10-6-8-12(16)11-7-4-5-9-13(11)21(18)19/h4-10,21H,1-3H3. The zero-order valence-electron chi connectivity index (χ0n) is 12.1. The van der Waals surface area contributed by atoms with Crippen LogP contribution in [0.15, 0.2) is 47.5 Å². The van der Waals surface area contributed by atoms with E-state index in [1.54, 1.807) is 57.3 Å². The van der Waals surface area contributed by atoms with Gasteiger partial charge in [-0.25, -0.2) is 13.2 Å². The second-order valence-electron chi connectivity index (χ2n) is 5.52. The highest BCUT2D eigenvalue weighted by Crippen LogP contribution is 2.26. The van der Waals surface area contributed by atoms with E-state index in [-0.39, 0.29) is 4.90 Å². The molecular weight excluding hydrogens is 290 g/mol. The molecule has 2 rings (SSSR count). The molecule has 0 bridgehead atoms. The Labute approximate surface area is 125 Å². The molecule has 21 heavy (non-hydrogen) atoms. The van der Waals surface area contributed by atoms with Crippen LogP contribution in [0.3, 0.4) is 0 Å². The van der Waals surface area contributed by atoms with Crippen molar-refractivity contribution in [2.24, 2.45) is 0 Å². The molecule has 0 aliphatic carbocycles. The van der Waals surface area contributed by atoms with Gasteiger partial charge in [0.2, 0.25) is 0 Å². The molecule has 5 nitrogen and oxygen atoms in total. The van der Waals surface area contributed by atoms with Crippen molar-refractivity contribution in [1.29, 1.82) is 0 Å². The van der Waals surface area contributed by atoms with Crippen LogP contribution >= 0.6 is 0 Å². The van der Waals surface area contributed by atoms with Crippen molar-refractivity contribution < 1.29 is 17.9 Å². The average Bonchev–Trinajstić information content (AvgIpc) is 2.85. The summed E-state index contributed by atoms with van der Waals surface area (Å²) in [6.07, 6.45) is 1.01. The SMILES string of the molecule is CC(C)(C)OC(=O)n1cccc1-c1ccccc1[SH](=O)=O. The number of nitrogens with zero attached hydrogens (tertiary/aromatic N) is 1. The van der Waals surface area contributed by atoms with E-state index in [4.69, 9.17) is 4.74 Å². The first-order chi connectivity index (χ1) is 9.79. The minimum Gasteiger partial charge on any atom is -0.443 e. The Kier molecular flexibility index (Phi) is 4.18. The molecule has 1 aromatic carbocycles. The molecule has 0 saturated carbocycles.